The van der Waals surface area contributed by atoms with E-state index < -0.39 is 66.2 Å². The van der Waals surface area contributed by atoms with Gasteiger partial charge in [-0.3, -0.25) is 29.0 Å². The van der Waals surface area contributed by atoms with Crippen LogP contribution in [0.3, 0.4) is 0 Å². The smallest absolute Gasteiger partial charge is 0.326 e. The monoisotopic (exact) mass is 514 g/mol. The average Bonchev–Trinajstić information content (AvgIpc) is 3.32. The number of nitrogens with two attached hydrogens (primary N) is 3. The fourth-order valence-electron chi connectivity index (χ4n) is 3.43. The third kappa shape index (κ3) is 11.5. The molecule has 0 spiro atoms. The maximum absolute atomic E-state index is 13.0. The molecule has 1 saturated heterocycles. The number of carboxylic acid groups (broad SMARTS) is 2. The van der Waals surface area contributed by atoms with Gasteiger partial charge in [0.05, 0.1) is 12.5 Å². The third-order valence-electron chi connectivity index (χ3n) is 5.26. The van der Waals surface area contributed by atoms with Gasteiger partial charge in [0.1, 0.15) is 18.1 Å². The van der Waals surface area contributed by atoms with Crippen LogP contribution in [-0.2, 0) is 28.8 Å². The molecule has 0 bridgehead atoms. The summed E-state index contributed by atoms with van der Waals surface area (Å²) in [7, 11) is 0. The van der Waals surface area contributed by atoms with Gasteiger partial charge in [0.15, 0.2) is 5.96 Å². The van der Waals surface area contributed by atoms with E-state index in [0.29, 0.717) is 13.0 Å². The summed E-state index contributed by atoms with van der Waals surface area (Å²) in [4.78, 5) is 75.6. The Bertz CT molecular complexity index is 855. The molecule has 1 aliphatic heterocycles. The quantitative estimate of drug-likeness (QED) is 0.0544. The Morgan fingerprint density at radius 3 is 2.03 bits per heavy atom. The van der Waals surface area contributed by atoms with E-state index in [1.165, 1.54) is 0 Å². The van der Waals surface area contributed by atoms with E-state index in [0.717, 1.165) is 6.42 Å². The predicted octanol–water partition coefficient (Wildman–Crippen LogP) is -3.93. The first-order valence-corrected chi connectivity index (χ1v) is 11.3. The number of nitrogens with zero attached hydrogens (tertiary/aromatic N) is 1. The predicted molar refractivity (Wildman–Crippen MR) is 125 cm³/mol. The fourth-order valence-corrected chi connectivity index (χ4v) is 3.43. The molecule has 4 amide bonds. The first-order chi connectivity index (χ1) is 16.9. The van der Waals surface area contributed by atoms with Gasteiger partial charge >= 0.3 is 11.9 Å². The molecule has 1 rings (SSSR count). The molecule has 1 aliphatic rings. The highest BCUT2D eigenvalue weighted by Gasteiger charge is 2.32. The second-order valence-corrected chi connectivity index (χ2v) is 8.22. The van der Waals surface area contributed by atoms with Crippen LogP contribution in [0.1, 0.15) is 44.9 Å². The van der Waals surface area contributed by atoms with Crippen molar-refractivity contribution < 1.29 is 39.0 Å². The second-order valence-electron chi connectivity index (χ2n) is 8.22. The number of guanidine groups is 1. The summed E-state index contributed by atoms with van der Waals surface area (Å²) in [6, 6.07) is -4.79. The molecular weight excluding hydrogens is 480 g/mol. The van der Waals surface area contributed by atoms with Gasteiger partial charge in [0, 0.05) is 13.0 Å². The Morgan fingerprint density at radius 2 is 1.53 bits per heavy atom. The summed E-state index contributed by atoms with van der Waals surface area (Å²) < 4.78 is 0. The standard InChI is InChI=1S/C20H34N8O8/c21-14(29)6-5-12(27-16(32)10-3-1-7-24-10)18(34)26-11(4-2-8-25-20(22)23)17(33)28-13(19(35)36)9-15(30)31/h10-13,24H,1-9H2,(H2,21,29)(H,26,34)(H,27,32)(H,28,33)(H,30,31)(H,35,36)(H4,22,23,25). The summed E-state index contributed by atoms with van der Waals surface area (Å²) >= 11 is 0. The molecule has 0 saturated carbocycles. The number of aliphatic imine (C=N–C) groups is 1. The topological polar surface area (TPSA) is 281 Å². The van der Waals surface area contributed by atoms with Crippen LogP contribution in [0.15, 0.2) is 4.99 Å². The molecule has 16 heteroatoms. The van der Waals surface area contributed by atoms with Crippen molar-refractivity contribution in [1.29, 1.82) is 0 Å². The van der Waals surface area contributed by atoms with Crippen LogP contribution in [0.2, 0.25) is 0 Å². The number of hydrogen-bond acceptors (Lipinski definition) is 8. The van der Waals surface area contributed by atoms with Crippen molar-refractivity contribution in [3.05, 3.63) is 0 Å². The molecule has 0 aromatic rings. The van der Waals surface area contributed by atoms with Crippen LogP contribution >= 0.6 is 0 Å². The molecule has 4 unspecified atom stereocenters. The Hall–Kier alpha value is -3.95. The minimum Gasteiger partial charge on any atom is -0.481 e. The van der Waals surface area contributed by atoms with E-state index in [2.05, 4.69) is 26.3 Å². The Balaban J connectivity index is 3.00. The molecule has 0 aliphatic carbocycles. The summed E-state index contributed by atoms with van der Waals surface area (Å²) in [6.45, 7) is 0.726. The third-order valence-corrected chi connectivity index (χ3v) is 5.26. The van der Waals surface area contributed by atoms with Gasteiger partial charge in [0.25, 0.3) is 0 Å². The van der Waals surface area contributed by atoms with Crippen LogP contribution in [0.4, 0.5) is 0 Å². The van der Waals surface area contributed by atoms with E-state index in [-0.39, 0.29) is 38.2 Å². The minimum absolute atomic E-state index is 0.0472. The summed E-state index contributed by atoms with van der Waals surface area (Å²) in [5.41, 5.74) is 15.7. The Labute approximate surface area is 206 Å². The molecule has 202 valence electrons. The Morgan fingerprint density at radius 1 is 0.917 bits per heavy atom. The van der Waals surface area contributed by atoms with E-state index >= 15 is 0 Å². The number of primary amides is 1. The van der Waals surface area contributed by atoms with Gasteiger partial charge in [-0.15, -0.1) is 0 Å². The number of carbonyl (C=O) groups is 6. The number of carbonyl (C=O) groups excluding carboxylic acids is 4. The lowest BCUT2D eigenvalue weighted by Crippen LogP contribution is -2.57. The lowest BCUT2D eigenvalue weighted by molar-refractivity contribution is -0.147. The first kappa shape index (κ1) is 30.1. The van der Waals surface area contributed by atoms with Crippen molar-refractivity contribution >= 4 is 41.5 Å². The summed E-state index contributed by atoms with van der Waals surface area (Å²) in [5.74, 6) is -6.15. The van der Waals surface area contributed by atoms with Crippen molar-refractivity contribution in [3.63, 3.8) is 0 Å². The van der Waals surface area contributed by atoms with Crippen LogP contribution in [-0.4, -0.2) is 89.0 Å². The van der Waals surface area contributed by atoms with E-state index in [1.807, 2.05) is 0 Å². The Kier molecular flexibility index (Phi) is 12.6. The zero-order valence-corrected chi connectivity index (χ0v) is 19.7. The van der Waals surface area contributed by atoms with Gasteiger partial charge in [-0.1, -0.05) is 0 Å². The van der Waals surface area contributed by atoms with Gasteiger partial charge in [-0.05, 0) is 38.6 Å². The zero-order chi connectivity index (χ0) is 27.3. The molecule has 36 heavy (non-hydrogen) atoms. The number of rotatable bonds is 16. The van der Waals surface area contributed by atoms with Crippen LogP contribution in [0.25, 0.3) is 0 Å². The number of hydrogen-bond donors (Lipinski definition) is 9. The number of aliphatic carboxylic acids is 2. The summed E-state index contributed by atoms with van der Waals surface area (Å²) in [6.07, 6.45) is 0.227. The lowest BCUT2D eigenvalue weighted by Gasteiger charge is -2.25. The van der Waals surface area contributed by atoms with Crippen molar-refractivity contribution in [2.24, 2.45) is 22.2 Å². The molecule has 0 radical (unpaired) electrons. The van der Waals surface area contributed by atoms with E-state index in [1.54, 1.807) is 0 Å². The van der Waals surface area contributed by atoms with Gasteiger partial charge in [0.2, 0.25) is 23.6 Å². The largest absolute Gasteiger partial charge is 0.481 e. The molecule has 1 fully saturated rings. The molecule has 0 aromatic carbocycles. The second kappa shape index (κ2) is 15.1. The maximum atomic E-state index is 13.0. The molecule has 16 nitrogen and oxygen atoms in total. The van der Waals surface area contributed by atoms with Crippen LogP contribution < -0.4 is 38.5 Å². The lowest BCUT2D eigenvalue weighted by atomic mass is 10.1. The highest BCUT2D eigenvalue weighted by atomic mass is 16.4. The molecule has 0 aromatic heterocycles. The SMILES string of the molecule is NC(=O)CCC(NC(=O)C1CCCN1)C(=O)NC(CCCN=C(N)N)C(=O)NC(CC(=O)O)C(=O)O. The van der Waals surface area contributed by atoms with Crippen molar-refractivity contribution in [2.45, 2.75) is 69.1 Å². The molecular formula is C20H34N8O8. The number of carboxylic acids is 2. The van der Waals surface area contributed by atoms with Crippen molar-refractivity contribution in [2.75, 3.05) is 13.1 Å². The normalized spacial score (nSPS) is 17.2. The average molecular weight is 515 g/mol. The van der Waals surface area contributed by atoms with Crippen LogP contribution in [0.5, 0.6) is 0 Å². The number of amides is 4. The first-order valence-electron chi connectivity index (χ1n) is 11.3. The number of nitrogens with one attached hydrogen (secondary N) is 4. The summed E-state index contributed by atoms with van der Waals surface area (Å²) in [5, 5.41) is 28.2. The minimum atomic E-state index is -1.74. The van der Waals surface area contributed by atoms with E-state index in [4.69, 9.17) is 22.3 Å². The zero-order valence-electron chi connectivity index (χ0n) is 19.7. The van der Waals surface area contributed by atoms with Crippen molar-refractivity contribution in [1.82, 2.24) is 21.3 Å². The molecule has 12 N–H and O–H groups in total. The van der Waals surface area contributed by atoms with Gasteiger partial charge in [-0.25, -0.2) is 4.79 Å². The van der Waals surface area contributed by atoms with Crippen LogP contribution in [0, 0.1) is 0 Å². The molecule has 1 heterocycles. The molecule has 4 atom stereocenters. The van der Waals surface area contributed by atoms with E-state index in [9.17, 15) is 33.9 Å². The van der Waals surface area contributed by atoms with Crippen molar-refractivity contribution in [3.8, 4) is 0 Å². The highest BCUT2D eigenvalue weighted by molar-refractivity contribution is 5.95. The van der Waals surface area contributed by atoms with Gasteiger partial charge in [-0.2, -0.15) is 0 Å². The maximum Gasteiger partial charge on any atom is 0.326 e. The fraction of sp³-hybridized carbons (Fsp3) is 0.650. The highest BCUT2D eigenvalue weighted by Crippen LogP contribution is 2.08. The van der Waals surface area contributed by atoms with Gasteiger partial charge < -0.3 is 48.7 Å².